The van der Waals surface area contributed by atoms with Gasteiger partial charge in [-0.15, -0.1) is 0 Å². The molecule has 0 N–H and O–H groups in total. The lowest BCUT2D eigenvalue weighted by Crippen LogP contribution is -2.38. The van der Waals surface area contributed by atoms with Gasteiger partial charge in [0.05, 0.1) is 18.4 Å². The molecule has 0 atom stereocenters. The monoisotopic (exact) mass is 463 g/mol. The molecule has 3 aromatic rings. The summed E-state index contributed by atoms with van der Waals surface area (Å²) in [5.41, 5.74) is 2.29. The van der Waals surface area contributed by atoms with Gasteiger partial charge < -0.3 is 14.2 Å². The number of benzene rings is 2. The molecule has 34 heavy (non-hydrogen) atoms. The van der Waals surface area contributed by atoms with Crippen LogP contribution in [0.5, 0.6) is 5.75 Å². The lowest BCUT2D eigenvalue weighted by molar-refractivity contribution is 0.386. The van der Waals surface area contributed by atoms with E-state index in [1.807, 2.05) is 6.07 Å². The molecule has 0 radical (unpaired) electrons. The van der Waals surface area contributed by atoms with E-state index in [-0.39, 0.29) is 16.9 Å². The van der Waals surface area contributed by atoms with Crippen molar-refractivity contribution in [1.29, 1.82) is 5.26 Å². The minimum absolute atomic E-state index is 0.0625. The van der Waals surface area contributed by atoms with Crippen LogP contribution in [0.4, 0.5) is 14.5 Å². The molecule has 1 fully saturated rings. The van der Waals surface area contributed by atoms with E-state index >= 15 is 0 Å². The Kier molecular flexibility index (Phi) is 6.69. The van der Waals surface area contributed by atoms with Gasteiger partial charge in [-0.05, 0) is 60.7 Å². The number of aromatic nitrogens is 1. The molecule has 0 saturated carbocycles. The number of rotatable bonds is 5. The van der Waals surface area contributed by atoms with Crippen molar-refractivity contribution in [2.75, 3.05) is 25.1 Å². The predicted molar refractivity (Wildman–Crippen MR) is 129 cm³/mol. The molecule has 1 aliphatic heterocycles. The topological polar surface area (TPSA) is 58.3 Å². The molecule has 0 spiro atoms. The quantitative estimate of drug-likeness (QED) is 0.501. The van der Waals surface area contributed by atoms with E-state index in [9.17, 15) is 13.6 Å². The van der Waals surface area contributed by atoms with Crippen LogP contribution in [0.2, 0.25) is 0 Å². The second kappa shape index (κ2) is 9.68. The zero-order valence-corrected chi connectivity index (χ0v) is 19.6. The van der Waals surface area contributed by atoms with Gasteiger partial charge in [0.2, 0.25) is 0 Å². The lowest BCUT2D eigenvalue weighted by atomic mass is 9.93. The van der Waals surface area contributed by atoms with E-state index in [1.54, 1.807) is 25.2 Å². The van der Waals surface area contributed by atoms with E-state index in [1.165, 1.54) is 35.9 Å². The van der Waals surface area contributed by atoms with Crippen molar-refractivity contribution < 1.29 is 13.5 Å². The third-order valence-corrected chi connectivity index (χ3v) is 6.75. The average Bonchev–Trinajstić information content (AvgIpc) is 2.85. The number of hydrogen-bond acceptors (Lipinski definition) is 4. The number of methoxy groups -OCH3 is 1. The number of anilines is 1. The van der Waals surface area contributed by atoms with Crippen molar-refractivity contribution in [1.82, 2.24) is 4.57 Å². The van der Waals surface area contributed by atoms with Crippen LogP contribution in [0.15, 0.2) is 47.3 Å². The lowest BCUT2D eigenvalue weighted by Gasteiger charge is -2.33. The number of nitrogens with zero attached hydrogens (tertiary/aromatic N) is 3. The van der Waals surface area contributed by atoms with Gasteiger partial charge in [0.25, 0.3) is 5.56 Å². The maximum absolute atomic E-state index is 14.6. The zero-order chi connectivity index (χ0) is 24.4. The van der Waals surface area contributed by atoms with Gasteiger partial charge in [-0.1, -0.05) is 19.4 Å². The second-order valence-corrected chi connectivity index (χ2v) is 8.65. The van der Waals surface area contributed by atoms with Gasteiger partial charge in [-0.3, -0.25) is 4.79 Å². The molecule has 0 unspecified atom stereocenters. The van der Waals surface area contributed by atoms with Crippen molar-refractivity contribution in [3.8, 4) is 34.2 Å². The van der Waals surface area contributed by atoms with Gasteiger partial charge in [-0.2, -0.15) is 5.26 Å². The largest absolute Gasteiger partial charge is 0.494 e. The molecule has 1 aliphatic rings. The molecule has 7 heteroatoms. The summed E-state index contributed by atoms with van der Waals surface area (Å²) in [7, 11) is 3.03. The first-order valence-corrected chi connectivity index (χ1v) is 11.4. The Hall–Kier alpha value is -3.66. The summed E-state index contributed by atoms with van der Waals surface area (Å²) in [5, 5.41) is 9.13. The predicted octanol–water partition coefficient (Wildman–Crippen LogP) is 5.50. The van der Waals surface area contributed by atoms with Crippen molar-refractivity contribution in [3.63, 3.8) is 0 Å². The Balaban J connectivity index is 1.93. The van der Waals surface area contributed by atoms with Crippen LogP contribution in [-0.4, -0.2) is 24.8 Å². The van der Waals surface area contributed by atoms with Crippen molar-refractivity contribution in [2.45, 2.75) is 26.2 Å². The molecule has 0 bridgehead atoms. The first-order valence-electron chi connectivity index (χ1n) is 11.4. The molecular formula is C27H27F2N3O2. The van der Waals surface area contributed by atoms with Gasteiger partial charge in [0.15, 0.2) is 11.6 Å². The third-order valence-electron chi connectivity index (χ3n) is 6.75. The first-order chi connectivity index (χ1) is 16.4. The van der Waals surface area contributed by atoms with Gasteiger partial charge in [-0.25, -0.2) is 8.78 Å². The zero-order valence-electron chi connectivity index (χ0n) is 19.6. The normalized spacial score (nSPS) is 14.2. The van der Waals surface area contributed by atoms with E-state index in [0.717, 1.165) is 32.4 Å². The van der Waals surface area contributed by atoms with Gasteiger partial charge in [0.1, 0.15) is 17.6 Å². The molecule has 2 aromatic carbocycles. The SMILES string of the molecule is CCC1CCN(c2cc(-c3ccc(C#N)c(F)c3)c(-c3ccc(OC)c(F)c3)n(C)c2=O)CC1. The average molecular weight is 464 g/mol. The number of nitriles is 1. The summed E-state index contributed by atoms with van der Waals surface area (Å²) >= 11 is 0. The van der Waals surface area contributed by atoms with Crippen LogP contribution in [0.25, 0.3) is 22.4 Å². The van der Waals surface area contributed by atoms with Crippen LogP contribution < -0.4 is 15.2 Å². The first kappa shape index (κ1) is 23.5. The number of piperidine rings is 1. The van der Waals surface area contributed by atoms with Crippen LogP contribution in [0.1, 0.15) is 31.7 Å². The van der Waals surface area contributed by atoms with E-state index in [0.29, 0.717) is 34.0 Å². The Morgan fingerprint density at radius 2 is 1.74 bits per heavy atom. The highest BCUT2D eigenvalue weighted by Crippen LogP contribution is 2.36. The number of pyridine rings is 1. The Labute approximate surface area is 197 Å². The second-order valence-electron chi connectivity index (χ2n) is 8.65. The van der Waals surface area contributed by atoms with Crippen LogP contribution in [0, 0.1) is 28.9 Å². The Bertz CT molecular complexity index is 1320. The molecule has 4 rings (SSSR count). The standard InChI is InChI=1S/C27H27F2N3O2/c1-4-17-9-11-32(12-10-17)24-15-21(18-5-6-20(16-30)22(28)13-18)26(31(2)27(24)33)19-7-8-25(34-3)23(29)14-19/h5-8,13-15,17H,4,9-12H2,1-3H3. The highest BCUT2D eigenvalue weighted by Gasteiger charge is 2.24. The van der Waals surface area contributed by atoms with E-state index in [2.05, 4.69) is 11.8 Å². The molecule has 176 valence electrons. The summed E-state index contributed by atoms with van der Waals surface area (Å²) < 4.78 is 35.7. The molecular weight excluding hydrogens is 436 g/mol. The fourth-order valence-corrected chi connectivity index (χ4v) is 4.69. The highest BCUT2D eigenvalue weighted by molar-refractivity contribution is 5.84. The minimum atomic E-state index is -0.647. The maximum atomic E-state index is 14.6. The van der Waals surface area contributed by atoms with Crippen LogP contribution in [0.3, 0.4) is 0 Å². The summed E-state index contributed by atoms with van der Waals surface area (Å²) in [6.45, 7) is 3.72. The fourth-order valence-electron chi connectivity index (χ4n) is 4.69. The van der Waals surface area contributed by atoms with Gasteiger partial charge >= 0.3 is 0 Å². The third kappa shape index (κ3) is 4.28. The summed E-state index contributed by atoms with van der Waals surface area (Å²) in [5.74, 6) is -0.468. The summed E-state index contributed by atoms with van der Waals surface area (Å²) in [6.07, 6.45) is 3.13. The summed E-state index contributed by atoms with van der Waals surface area (Å²) in [4.78, 5) is 15.5. The molecule has 2 heterocycles. The number of ether oxygens (including phenoxy) is 1. The molecule has 0 amide bonds. The van der Waals surface area contributed by atoms with Crippen LogP contribution in [-0.2, 0) is 7.05 Å². The van der Waals surface area contributed by atoms with Crippen molar-refractivity contribution in [2.24, 2.45) is 13.0 Å². The summed E-state index contributed by atoms with van der Waals surface area (Å²) in [6, 6.07) is 12.4. The molecule has 5 nitrogen and oxygen atoms in total. The smallest absolute Gasteiger partial charge is 0.274 e. The van der Waals surface area contributed by atoms with Crippen molar-refractivity contribution in [3.05, 3.63) is 70.0 Å². The minimum Gasteiger partial charge on any atom is -0.494 e. The number of halogens is 2. The Morgan fingerprint density at radius 3 is 2.32 bits per heavy atom. The molecule has 1 aromatic heterocycles. The number of hydrogen-bond donors (Lipinski definition) is 0. The maximum Gasteiger partial charge on any atom is 0.274 e. The fraction of sp³-hybridized carbons (Fsp3) is 0.333. The molecule has 1 saturated heterocycles. The Morgan fingerprint density at radius 1 is 1.06 bits per heavy atom. The van der Waals surface area contributed by atoms with E-state index in [4.69, 9.17) is 10.00 Å². The molecule has 0 aliphatic carbocycles. The van der Waals surface area contributed by atoms with Gasteiger partial charge in [0, 0.05) is 31.3 Å². The van der Waals surface area contributed by atoms with E-state index < -0.39 is 11.6 Å². The van der Waals surface area contributed by atoms with Crippen molar-refractivity contribution >= 4 is 5.69 Å². The van der Waals surface area contributed by atoms with Crippen LogP contribution >= 0.6 is 0 Å². The highest BCUT2D eigenvalue weighted by atomic mass is 19.1.